The molecule has 4 aromatic rings. The van der Waals surface area contributed by atoms with Crippen molar-refractivity contribution in [1.82, 2.24) is 0 Å². The molecule has 4 rings (SSSR count). The van der Waals surface area contributed by atoms with E-state index in [1.807, 2.05) is 31.2 Å². The van der Waals surface area contributed by atoms with Gasteiger partial charge in [-0.05, 0) is 41.2 Å². The minimum Gasteiger partial charge on any atom is -0.206 e. The molecule has 0 aromatic heterocycles. The summed E-state index contributed by atoms with van der Waals surface area (Å²) in [6, 6.07) is 16.8. The number of halogens is 5. The minimum absolute atomic E-state index is 0.141. The molecule has 0 bridgehead atoms. The molecule has 0 amide bonds. The Bertz CT molecular complexity index is 1360. The molecule has 35 heavy (non-hydrogen) atoms. The Labute approximate surface area is 202 Å². The summed E-state index contributed by atoms with van der Waals surface area (Å²) in [5, 5.41) is 0. The van der Waals surface area contributed by atoms with Gasteiger partial charge < -0.3 is 0 Å². The van der Waals surface area contributed by atoms with Crippen LogP contribution in [0.15, 0.2) is 66.7 Å². The Morgan fingerprint density at radius 2 is 1.00 bits per heavy atom. The first-order valence-corrected chi connectivity index (χ1v) is 11.7. The summed E-state index contributed by atoms with van der Waals surface area (Å²) in [6.45, 7) is 3.91. The van der Waals surface area contributed by atoms with E-state index in [4.69, 9.17) is 0 Å². The highest BCUT2D eigenvalue weighted by Crippen LogP contribution is 2.35. The molecule has 0 saturated carbocycles. The van der Waals surface area contributed by atoms with Crippen molar-refractivity contribution >= 4 is 0 Å². The van der Waals surface area contributed by atoms with Crippen molar-refractivity contribution in [1.29, 1.82) is 0 Å². The maximum atomic E-state index is 15.0. The second-order valence-corrected chi connectivity index (χ2v) is 8.58. The maximum Gasteiger partial charge on any atom is 0.167 e. The van der Waals surface area contributed by atoms with Crippen LogP contribution in [0.1, 0.15) is 37.8 Å². The molecule has 0 aliphatic rings. The van der Waals surface area contributed by atoms with E-state index in [-0.39, 0.29) is 22.3 Å². The van der Waals surface area contributed by atoms with Gasteiger partial charge in [0.2, 0.25) is 0 Å². The van der Waals surface area contributed by atoms with Crippen molar-refractivity contribution in [2.45, 2.75) is 39.5 Å². The van der Waals surface area contributed by atoms with E-state index >= 15 is 4.39 Å². The highest BCUT2D eigenvalue weighted by atomic mass is 19.2. The molecule has 0 atom stereocenters. The number of aryl methyl sites for hydroxylation is 2. The van der Waals surface area contributed by atoms with Crippen molar-refractivity contribution in [3.8, 4) is 33.4 Å². The fourth-order valence-electron chi connectivity index (χ4n) is 4.30. The zero-order valence-corrected chi connectivity index (χ0v) is 19.6. The number of rotatable bonds is 7. The lowest BCUT2D eigenvalue weighted by Crippen LogP contribution is -2.00. The molecule has 0 aliphatic carbocycles. The average Bonchev–Trinajstić information content (AvgIpc) is 2.85. The molecule has 0 heterocycles. The lowest BCUT2D eigenvalue weighted by Gasteiger charge is -2.13. The van der Waals surface area contributed by atoms with Crippen molar-refractivity contribution in [2.75, 3.05) is 0 Å². The molecule has 0 radical (unpaired) electrons. The van der Waals surface area contributed by atoms with Crippen LogP contribution in [-0.4, -0.2) is 0 Å². The zero-order valence-electron chi connectivity index (χ0n) is 19.6. The van der Waals surface area contributed by atoms with Crippen LogP contribution in [0.5, 0.6) is 0 Å². The lowest BCUT2D eigenvalue weighted by atomic mass is 9.95. The zero-order chi connectivity index (χ0) is 25.1. The van der Waals surface area contributed by atoms with Gasteiger partial charge in [0.15, 0.2) is 23.3 Å². The smallest absolute Gasteiger partial charge is 0.167 e. The molecule has 0 saturated heterocycles. The summed E-state index contributed by atoms with van der Waals surface area (Å²) in [5.41, 5.74) is 1.58. The molecule has 5 heteroatoms. The summed E-state index contributed by atoms with van der Waals surface area (Å²) >= 11 is 0. The molecule has 180 valence electrons. The Morgan fingerprint density at radius 1 is 0.486 bits per heavy atom. The van der Waals surface area contributed by atoms with E-state index in [1.54, 1.807) is 0 Å². The van der Waals surface area contributed by atoms with Crippen LogP contribution in [0.3, 0.4) is 0 Å². The van der Waals surface area contributed by atoms with Gasteiger partial charge in [-0.15, -0.1) is 0 Å². The molecule has 0 nitrogen and oxygen atoms in total. The first-order valence-electron chi connectivity index (χ1n) is 11.7. The van der Waals surface area contributed by atoms with Crippen LogP contribution < -0.4 is 0 Å². The van der Waals surface area contributed by atoms with Gasteiger partial charge in [-0.3, -0.25) is 0 Å². The monoisotopic (exact) mass is 480 g/mol. The lowest BCUT2D eigenvalue weighted by molar-refractivity contribution is 0.495. The molecular formula is C30H25F5. The van der Waals surface area contributed by atoms with Gasteiger partial charge in [0, 0.05) is 22.3 Å². The summed E-state index contributed by atoms with van der Waals surface area (Å²) in [4.78, 5) is 0. The first kappa shape index (κ1) is 24.6. The van der Waals surface area contributed by atoms with Crippen molar-refractivity contribution < 1.29 is 22.0 Å². The summed E-state index contributed by atoms with van der Waals surface area (Å²) in [5.74, 6) is -5.43. The third-order valence-electron chi connectivity index (χ3n) is 6.14. The van der Waals surface area contributed by atoms with Crippen molar-refractivity contribution in [3.05, 3.63) is 107 Å². The van der Waals surface area contributed by atoms with E-state index in [2.05, 4.69) is 6.92 Å². The molecule has 4 aromatic carbocycles. The van der Waals surface area contributed by atoms with Crippen LogP contribution in [0.2, 0.25) is 0 Å². The van der Waals surface area contributed by atoms with E-state index in [0.29, 0.717) is 24.0 Å². The van der Waals surface area contributed by atoms with Crippen LogP contribution >= 0.6 is 0 Å². The molecule has 0 aliphatic heterocycles. The van der Waals surface area contributed by atoms with Gasteiger partial charge >= 0.3 is 0 Å². The SMILES string of the molecule is CCCc1ccc(-c2ccc(-c3ccc(-c4ccc(CCC)c(F)c4F)c(F)c3F)cc2F)cc1. The van der Waals surface area contributed by atoms with Crippen LogP contribution in [0, 0.1) is 29.1 Å². The Kier molecular flexibility index (Phi) is 7.34. The maximum absolute atomic E-state index is 15.0. The third kappa shape index (κ3) is 4.86. The van der Waals surface area contributed by atoms with Crippen LogP contribution in [0.25, 0.3) is 33.4 Å². The number of benzene rings is 4. The number of hydrogen-bond acceptors (Lipinski definition) is 0. The minimum atomic E-state index is -1.32. The van der Waals surface area contributed by atoms with Crippen molar-refractivity contribution in [3.63, 3.8) is 0 Å². The second kappa shape index (κ2) is 10.4. The van der Waals surface area contributed by atoms with Gasteiger partial charge in [-0.25, -0.2) is 22.0 Å². The quantitative estimate of drug-likeness (QED) is 0.231. The van der Waals surface area contributed by atoms with Gasteiger partial charge in [0.25, 0.3) is 0 Å². The van der Waals surface area contributed by atoms with Crippen LogP contribution in [-0.2, 0) is 12.8 Å². The topological polar surface area (TPSA) is 0 Å². The van der Waals surface area contributed by atoms with E-state index in [9.17, 15) is 17.6 Å². The van der Waals surface area contributed by atoms with Gasteiger partial charge in [0.1, 0.15) is 5.82 Å². The van der Waals surface area contributed by atoms with Gasteiger partial charge in [0.05, 0.1) is 0 Å². The number of hydrogen-bond donors (Lipinski definition) is 0. The van der Waals surface area contributed by atoms with Gasteiger partial charge in [-0.2, -0.15) is 0 Å². The molecule has 0 fully saturated rings. The molecule has 0 N–H and O–H groups in total. The fourth-order valence-corrected chi connectivity index (χ4v) is 4.30. The second-order valence-electron chi connectivity index (χ2n) is 8.58. The van der Waals surface area contributed by atoms with Gasteiger partial charge in [-0.1, -0.05) is 87.4 Å². The van der Waals surface area contributed by atoms with E-state index < -0.39 is 34.6 Å². The highest BCUT2D eigenvalue weighted by Gasteiger charge is 2.21. The standard InChI is InChI=1S/C30H25F5/c1-3-5-18-7-9-19(10-8-18)22-13-12-21(17-26(22)31)23-15-16-25(30(35)28(23)33)24-14-11-20(6-4-2)27(32)29(24)34/h7-17H,3-6H2,1-2H3. The summed E-state index contributed by atoms with van der Waals surface area (Å²) in [6.07, 6.45) is 2.90. The molecular weight excluding hydrogens is 455 g/mol. The Hall–Kier alpha value is -3.47. The van der Waals surface area contributed by atoms with E-state index in [0.717, 1.165) is 24.5 Å². The first-order chi connectivity index (χ1) is 16.8. The Morgan fingerprint density at radius 3 is 1.63 bits per heavy atom. The molecule has 0 unspecified atom stereocenters. The molecule has 0 spiro atoms. The third-order valence-corrected chi connectivity index (χ3v) is 6.14. The summed E-state index contributed by atoms with van der Waals surface area (Å²) < 4.78 is 73.9. The normalized spacial score (nSPS) is 11.2. The summed E-state index contributed by atoms with van der Waals surface area (Å²) in [7, 11) is 0. The van der Waals surface area contributed by atoms with Crippen molar-refractivity contribution in [2.24, 2.45) is 0 Å². The fraction of sp³-hybridized carbons (Fsp3) is 0.200. The highest BCUT2D eigenvalue weighted by molar-refractivity contribution is 5.75. The predicted octanol–water partition coefficient (Wildman–Crippen LogP) is 9.29. The Balaban J connectivity index is 1.69. The van der Waals surface area contributed by atoms with Crippen LogP contribution in [0.4, 0.5) is 22.0 Å². The largest absolute Gasteiger partial charge is 0.206 e. The van der Waals surface area contributed by atoms with E-state index in [1.165, 1.54) is 36.4 Å². The predicted molar refractivity (Wildman–Crippen MR) is 131 cm³/mol. The average molecular weight is 481 g/mol.